The second-order valence-electron chi connectivity index (χ2n) is 5.27. The number of anilines is 1. The summed E-state index contributed by atoms with van der Waals surface area (Å²) in [5.74, 6) is -0.108. The highest BCUT2D eigenvalue weighted by atomic mass is 35.5. The number of amides is 1. The van der Waals surface area contributed by atoms with Crippen LogP contribution in [0.15, 0.2) is 46.2 Å². The van der Waals surface area contributed by atoms with E-state index in [4.69, 9.17) is 16.0 Å². The molecule has 0 saturated carbocycles. The van der Waals surface area contributed by atoms with Gasteiger partial charge in [0.25, 0.3) is 5.22 Å². The minimum absolute atomic E-state index is 0.108. The van der Waals surface area contributed by atoms with Crippen LogP contribution in [-0.2, 0) is 4.79 Å². The molecule has 0 bridgehead atoms. The number of aryl methyl sites for hydroxylation is 1. The Bertz CT molecular complexity index is 848. The van der Waals surface area contributed by atoms with Crippen LogP contribution in [0.3, 0.4) is 0 Å². The van der Waals surface area contributed by atoms with Gasteiger partial charge in [0.05, 0.1) is 5.25 Å². The third-order valence-corrected chi connectivity index (χ3v) is 4.95. The maximum atomic E-state index is 12.6. The molecule has 1 aromatic carbocycles. The van der Waals surface area contributed by atoms with Crippen LogP contribution >= 0.6 is 23.4 Å². The number of hydrogen-bond acceptors (Lipinski definition) is 5. The number of pyridine rings is 1. The molecule has 3 aromatic rings. The number of rotatable bonds is 5. The van der Waals surface area contributed by atoms with Crippen molar-refractivity contribution in [3.05, 3.63) is 47.1 Å². The predicted octanol–water partition coefficient (Wildman–Crippen LogP) is 4.69. The third kappa shape index (κ3) is 3.71. The van der Waals surface area contributed by atoms with E-state index in [-0.39, 0.29) is 11.2 Å². The molecule has 0 saturated heterocycles. The molecule has 7 heteroatoms. The molecule has 2 aromatic heterocycles. The Labute approximate surface area is 148 Å². The third-order valence-electron chi connectivity index (χ3n) is 3.51. The van der Waals surface area contributed by atoms with Crippen molar-refractivity contribution in [2.75, 3.05) is 5.32 Å². The van der Waals surface area contributed by atoms with Gasteiger partial charge in [-0.25, -0.2) is 4.98 Å². The van der Waals surface area contributed by atoms with E-state index >= 15 is 0 Å². The van der Waals surface area contributed by atoms with E-state index < -0.39 is 0 Å². The largest absolute Gasteiger partial charge is 0.430 e. The van der Waals surface area contributed by atoms with Crippen molar-refractivity contribution in [2.24, 2.45) is 0 Å². The second kappa shape index (κ2) is 7.23. The fraction of sp³-hybridized carbons (Fsp3) is 0.235. The quantitative estimate of drug-likeness (QED) is 0.667. The Kier molecular flexibility index (Phi) is 5.06. The summed E-state index contributed by atoms with van der Waals surface area (Å²) < 4.78 is 5.63. The number of fused-ring (bicyclic) bond motifs is 1. The van der Waals surface area contributed by atoms with E-state index in [1.165, 1.54) is 11.8 Å². The maximum Gasteiger partial charge on any atom is 0.259 e. The summed E-state index contributed by atoms with van der Waals surface area (Å²) in [6.07, 6.45) is 2.30. The fourth-order valence-corrected chi connectivity index (χ4v) is 3.21. The lowest BCUT2D eigenvalue weighted by atomic mass is 10.2. The summed E-state index contributed by atoms with van der Waals surface area (Å²) in [5, 5.41) is 3.63. The SMILES string of the molecule is CCC(Sc1nc2ncccc2o1)C(=O)Nc1cc(Cl)ccc1C. The molecule has 124 valence electrons. The highest BCUT2D eigenvalue weighted by Gasteiger charge is 2.22. The average Bonchev–Trinajstić information content (AvgIpc) is 2.98. The summed E-state index contributed by atoms with van der Waals surface area (Å²) in [6.45, 7) is 3.87. The van der Waals surface area contributed by atoms with Gasteiger partial charge in [0.1, 0.15) is 0 Å². The van der Waals surface area contributed by atoms with Crippen LogP contribution in [0.25, 0.3) is 11.2 Å². The molecule has 1 amide bonds. The topological polar surface area (TPSA) is 68.0 Å². The zero-order valence-corrected chi connectivity index (χ0v) is 14.8. The number of thioether (sulfide) groups is 1. The number of oxazole rings is 1. The highest BCUT2D eigenvalue weighted by molar-refractivity contribution is 8.00. The average molecular weight is 362 g/mol. The Morgan fingerprint density at radius 3 is 3.00 bits per heavy atom. The van der Waals surface area contributed by atoms with Crippen LogP contribution in [0.4, 0.5) is 5.69 Å². The zero-order chi connectivity index (χ0) is 17.1. The molecule has 1 N–H and O–H groups in total. The number of benzene rings is 1. The van der Waals surface area contributed by atoms with Crippen molar-refractivity contribution in [1.29, 1.82) is 0 Å². The minimum atomic E-state index is -0.323. The van der Waals surface area contributed by atoms with Crippen LogP contribution in [-0.4, -0.2) is 21.1 Å². The number of carbonyl (C=O) groups excluding carboxylic acids is 1. The highest BCUT2D eigenvalue weighted by Crippen LogP contribution is 2.29. The zero-order valence-electron chi connectivity index (χ0n) is 13.2. The van der Waals surface area contributed by atoms with Gasteiger partial charge in [0.2, 0.25) is 5.91 Å². The Hall–Kier alpha value is -2.05. The van der Waals surface area contributed by atoms with Crippen LogP contribution < -0.4 is 5.32 Å². The van der Waals surface area contributed by atoms with E-state index in [0.29, 0.717) is 33.6 Å². The van der Waals surface area contributed by atoms with Crippen molar-refractivity contribution >= 4 is 46.2 Å². The van der Waals surface area contributed by atoms with Gasteiger partial charge >= 0.3 is 0 Å². The lowest BCUT2D eigenvalue weighted by Crippen LogP contribution is -2.25. The normalized spacial score (nSPS) is 12.3. The van der Waals surface area contributed by atoms with Gasteiger partial charge in [-0.3, -0.25) is 4.79 Å². The molecule has 24 heavy (non-hydrogen) atoms. The predicted molar refractivity (Wildman–Crippen MR) is 96.6 cm³/mol. The summed E-state index contributed by atoms with van der Waals surface area (Å²) in [6, 6.07) is 9.00. The maximum absolute atomic E-state index is 12.6. The molecule has 0 aliphatic heterocycles. The molecule has 1 unspecified atom stereocenters. The summed E-state index contributed by atoms with van der Waals surface area (Å²) in [4.78, 5) is 21.0. The smallest absolute Gasteiger partial charge is 0.259 e. The van der Waals surface area contributed by atoms with E-state index in [9.17, 15) is 4.79 Å². The molecule has 0 aliphatic rings. The Morgan fingerprint density at radius 2 is 2.25 bits per heavy atom. The molecule has 1 atom stereocenters. The van der Waals surface area contributed by atoms with Crippen molar-refractivity contribution in [2.45, 2.75) is 30.7 Å². The van der Waals surface area contributed by atoms with Crippen molar-refractivity contribution in [3.63, 3.8) is 0 Å². The molecule has 2 heterocycles. The molecule has 5 nitrogen and oxygen atoms in total. The minimum Gasteiger partial charge on any atom is -0.430 e. The molecule has 0 radical (unpaired) electrons. The number of nitrogens with one attached hydrogen (secondary N) is 1. The Balaban J connectivity index is 1.75. The van der Waals surface area contributed by atoms with Gasteiger partial charge < -0.3 is 9.73 Å². The number of aromatic nitrogens is 2. The van der Waals surface area contributed by atoms with Gasteiger partial charge in [-0.05, 0) is 43.2 Å². The molecule has 0 aliphatic carbocycles. The van der Waals surface area contributed by atoms with Crippen molar-refractivity contribution < 1.29 is 9.21 Å². The van der Waals surface area contributed by atoms with Crippen LogP contribution in [0.2, 0.25) is 5.02 Å². The lowest BCUT2D eigenvalue weighted by Gasteiger charge is -2.14. The van der Waals surface area contributed by atoms with Crippen molar-refractivity contribution in [1.82, 2.24) is 9.97 Å². The first-order valence-corrected chi connectivity index (χ1v) is 8.78. The lowest BCUT2D eigenvalue weighted by molar-refractivity contribution is -0.115. The van der Waals surface area contributed by atoms with Gasteiger partial charge in [-0.15, -0.1) is 0 Å². The van der Waals surface area contributed by atoms with Gasteiger partial charge in [0, 0.05) is 16.9 Å². The van der Waals surface area contributed by atoms with Crippen molar-refractivity contribution in [3.8, 4) is 0 Å². The summed E-state index contributed by atoms with van der Waals surface area (Å²) in [7, 11) is 0. The van der Waals surface area contributed by atoms with Gasteiger partial charge in [-0.2, -0.15) is 4.98 Å². The Morgan fingerprint density at radius 1 is 1.42 bits per heavy atom. The number of nitrogens with zero attached hydrogens (tertiary/aromatic N) is 2. The van der Waals surface area contributed by atoms with Crippen LogP contribution in [0.1, 0.15) is 18.9 Å². The van der Waals surface area contributed by atoms with Gasteiger partial charge in [0.15, 0.2) is 11.2 Å². The molecule has 3 rings (SSSR count). The van der Waals surface area contributed by atoms with Crippen LogP contribution in [0.5, 0.6) is 0 Å². The molecular weight excluding hydrogens is 346 g/mol. The first-order valence-electron chi connectivity index (χ1n) is 7.52. The first-order chi connectivity index (χ1) is 11.6. The molecule has 0 fully saturated rings. The van der Waals surface area contributed by atoms with E-state index in [1.807, 2.05) is 19.9 Å². The number of halogens is 1. The van der Waals surface area contributed by atoms with Crippen LogP contribution in [0, 0.1) is 6.92 Å². The summed E-state index contributed by atoms with van der Waals surface area (Å²) in [5.41, 5.74) is 2.83. The first kappa shape index (κ1) is 16.8. The van der Waals surface area contributed by atoms with E-state index in [1.54, 1.807) is 30.5 Å². The fourth-order valence-electron chi connectivity index (χ4n) is 2.19. The monoisotopic (exact) mass is 361 g/mol. The number of carbonyl (C=O) groups is 1. The van der Waals surface area contributed by atoms with E-state index in [0.717, 1.165) is 5.56 Å². The molecule has 0 spiro atoms. The second-order valence-corrected chi connectivity index (χ2v) is 6.86. The number of hydrogen-bond donors (Lipinski definition) is 1. The summed E-state index contributed by atoms with van der Waals surface area (Å²) >= 11 is 7.29. The van der Waals surface area contributed by atoms with E-state index in [2.05, 4.69) is 15.3 Å². The molecular formula is C17H16ClN3O2S. The van der Waals surface area contributed by atoms with Gasteiger partial charge in [-0.1, -0.05) is 36.4 Å². The standard InChI is InChI=1S/C17H16ClN3O2S/c1-3-14(16(22)20-12-9-11(18)7-6-10(12)2)24-17-21-15-13(23-17)5-4-8-19-15/h4-9,14H,3H2,1-2H3,(H,20,22).